The van der Waals surface area contributed by atoms with Crippen molar-refractivity contribution in [3.63, 3.8) is 0 Å². The molecule has 0 unspecified atom stereocenters. The lowest BCUT2D eigenvalue weighted by Gasteiger charge is -2.18. The van der Waals surface area contributed by atoms with Crippen LogP contribution in [0.4, 0.5) is 0 Å². The highest BCUT2D eigenvalue weighted by atomic mass is 16.7. The predicted molar refractivity (Wildman–Crippen MR) is 54.9 cm³/mol. The zero-order valence-corrected chi connectivity index (χ0v) is 9.04. The minimum atomic E-state index is -0.521. The van der Waals surface area contributed by atoms with Gasteiger partial charge in [-0.1, -0.05) is 12.7 Å². The van der Waals surface area contributed by atoms with Crippen LogP contribution in [0.1, 0.15) is 20.8 Å². The molecule has 1 N–H and O–H groups in total. The van der Waals surface area contributed by atoms with Crippen LogP contribution in [0.15, 0.2) is 23.8 Å². The van der Waals surface area contributed by atoms with E-state index in [-0.39, 0.29) is 12.7 Å². The molecule has 1 fully saturated rings. The Morgan fingerprint density at radius 1 is 1.64 bits per heavy atom. The molecule has 14 heavy (non-hydrogen) atoms. The molecule has 1 saturated heterocycles. The van der Waals surface area contributed by atoms with Crippen LogP contribution >= 0.6 is 0 Å². The Balaban J connectivity index is 2.60. The van der Waals surface area contributed by atoms with E-state index in [1.807, 2.05) is 20.8 Å². The van der Waals surface area contributed by atoms with Crippen LogP contribution in [0.5, 0.6) is 0 Å². The summed E-state index contributed by atoms with van der Waals surface area (Å²) in [7, 11) is 0. The van der Waals surface area contributed by atoms with E-state index in [0.717, 1.165) is 11.1 Å². The molecular weight excluding hydrogens is 180 g/mol. The van der Waals surface area contributed by atoms with E-state index in [9.17, 15) is 0 Å². The van der Waals surface area contributed by atoms with Crippen molar-refractivity contribution < 1.29 is 14.6 Å². The summed E-state index contributed by atoms with van der Waals surface area (Å²) in [5, 5.41) is 8.74. The highest BCUT2D eigenvalue weighted by molar-refractivity contribution is 5.30. The fourth-order valence-electron chi connectivity index (χ4n) is 1.38. The number of aliphatic hydroxyl groups is 1. The minimum absolute atomic E-state index is 0.0296. The monoisotopic (exact) mass is 198 g/mol. The van der Waals surface area contributed by atoms with E-state index < -0.39 is 5.79 Å². The van der Waals surface area contributed by atoms with Crippen molar-refractivity contribution in [1.82, 2.24) is 0 Å². The van der Waals surface area contributed by atoms with Crippen LogP contribution < -0.4 is 0 Å². The second kappa shape index (κ2) is 4.26. The maximum Gasteiger partial charge on any atom is 0.163 e. The second-order valence-corrected chi connectivity index (χ2v) is 3.91. The average Bonchev–Trinajstić information content (AvgIpc) is 2.45. The Labute approximate surface area is 85.0 Å². The van der Waals surface area contributed by atoms with Crippen LogP contribution in [0.3, 0.4) is 0 Å². The predicted octanol–water partition coefficient (Wildman–Crippen LogP) is 1.63. The third kappa shape index (κ3) is 2.67. The molecule has 0 radical (unpaired) electrons. The highest BCUT2D eigenvalue weighted by Crippen LogP contribution is 2.28. The fourth-order valence-corrected chi connectivity index (χ4v) is 1.38. The third-order valence-electron chi connectivity index (χ3n) is 2.30. The molecular formula is C11H18O3. The molecule has 0 aliphatic carbocycles. The van der Waals surface area contributed by atoms with Crippen LogP contribution in [0.2, 0.25) is 0 Å². The van der Waals surface area contributed by atoms with Gasteiger partial charge in [0.15, 0.2) is 5.79 Å². The van der Waals surface area contributed by atoms with Gasteiger partial charge in [-0.2, -0.15) is 0 Å². The first-order valence-electron chi connectivity index (χ1n) is 4.75. The maximum atomic E-state index is 8.74. The summed E-state index contributed by atoms with van der Waals surface area (Å²) in [5.41, 5.74) is 1.84. The number of hydrogen-bond acceptors (Lipinski definition) is 3. The van der Waals surface area contributed by atoms with Gasteiger partial charge < -0.3 is 14.6 Å². The highest BCUT2D eigenvalue weighted by Gasteiger charge is 2.34. The largest absolute Gasteiger partial charge is 0.392 e. The topological polar surface area (TPSA) is 38.7 Å². The zero-order chi connectivity index (χ0) is 10.8. The number of hydrogen-bond donors (Lipinski definition) is 1. The van der Waals surface area contributed by atoms with Gasteiger partial charge in [-0.05, 0) is 31.9 Å². The van der Waals surface area contributed by atoms with E-state index >= 15 is 0 Å². The Bertz CT molecular complexity index is 253. The van der Waals surface area contributed by atoms with Gasteiger partial charge in [-0.15, -0.1) is 0 Å². The Hall–Kier alpha value is -0.640. The van der Waals surface area contributed by atoms with Gasteiger partial charge in [0.25, 0.3) is 0 Å². The molecule has 0 amide bonds. The SMILES string of the molecule is C=C(/C(C)=C/CO)[C@H]1COC(C)(C)O1. The number of ether oxygens (including phenoxy) is 2. The Kier molecular flexibility index (Phi) is 3.48. The van der Waals surface area contributed by atoms with Gasteiger partial charge in [-0.25, -0.2) is 0 Å². The maximum absolute atomic E-state index is 8.74. The third-order valence-corrected chi connectivity index (χ3v) is 2.30. The summed E-state index contributed by atoms with van der Waals surface area (Å²) >= 11 is 0. The normalized spacial score (nSPS) is 26.6. The van der Waals surface area contributed by atoms with Crippen molar-refractivity contribution in [2.45, 2.75) is 32.7 Å². The van der Waals surface area contributed by atoms with E-state index in [1.54, 1.807) is 6.08 Å². The molecule has 0 aromatic rings. The molecule has 1 aliphatic rings. The van der Waals surface area contributed by atoms with Crippen LogP contribution in [0.25, 0.3) is 0 Å². The fraction of sp³-hybridized carbons (Fsp3) is 0.636. The number of aliphatic hydroxyl groups excluding tert-OH is 1. The number of rotatable bonds is 3. The second-order valence-electron chi connectivity index (χ2n) is 3.91. The van der Waals surface area contributed by atoms with Crippen molar-refractivity contribution in [2.75, 3.05) is 13.2 Å². The lowest BCUT2D eigenvalue weighted by Crippen LogP contribution is -2.22. The van der Waals surface area contributed by atoms with Crippen molar-refractivity contribution in [1.29, 1.82) is 0 Å². The van der Waals surface area contributed by atoms with E-state index in [4.69, 9.17) is 14.6 Å². The first kappa shape index (κ1) is 11.4. The quantitative estimate of drug-likeness (QED) is 0.700. The Morgan fingerprint density at radius 3 is 2.71 bits per heavy atom. The van der Waals surface area contributed by atoms with E-state index in [0.29, 0.717) is 6.61 Å². The summed E-state index contributed by atoms with van der Waals surface area (Å²) in [6, 6.07) is 0. The first-order chi connectivity index (χ1) is 6.46. The molecule has 0 aromatic carbocycles. The minimum Gasteiger partial charge on any atom is -0.392 e. The molecule has 1 atom stereocenters. The molecule has 1 aliphatic heterocycles. The van der Waals surface area contributed by atoms with Gasteiger partial charge in [0, 0.05) is 0 Å². The average molecular weight is 198 g/mol. The molecule has 0 bridgehead atoms. The van der Waals surface area contributed by atoms with Crippen molar-refractivity contribution in [2.24, 2.45) is 0 Å². The molecule has 1 rings (SSSR count). The van der Waals surface area contributed by atoms with Crippen LogP contribution in [-0.2, 0) is 9.47 Å². The molecule has 0 saturated carbocycles. The molecule has 0 aromatic heterocycles. The standard InChI is InChI=1S/C11H18O3/c1-8(5-6-12)9(2)10-7-13-11(3,4)14-10/h5,10,12H,2,6-7H2,1,3-4H3/b8-5+/t10-/m1/s1. The van der Waals surface area contributed by atoms with Crippen LogP contribution in [-0.4, -0.2) is 30.2 Å². The van der Waals surface area contributed by atoms with Gasteiger partial charge in [0.1, 0.15) is 6.10 Å². The van der Waals surface area contributed by atoms with Crippen molar-refractivity contribution in [3.05, 3.63) is 23.8 Å². The smallest absolute Gasteiger partial charge is 0.163 e. The molecule has 1 heterocycles. The summed E-state index contributed by atoms with van der Waals surface area (Å²) in [6.07, 6.45) is 1.63. The summed E-state index contributed by atoms with van der Waals surface area (Å²) < 4.78 is 11.1. The molecule has 3 nitrogen and oxygen atoms in total. The lowest BCUT2D eigenvalue weighted by molar-refractivity contribution is -0.134. The molecule has 0 spiro atoms. The van der Waals surface area contributed by atoms with Crippen LogP contribution in [0, 0.1) is 0 Å². The van der Waals surface area contributed by atoms with E-state index in [2.05, 4.69) is 6.58 Å². The van der Waals surface area contributed by atoms with E-state index in [1.165, 1.54) is 0 Å². The van der Waals surface area contributed by atoms with Gasteiger partial charge >= 0.3 is 0 Å². The lowest BCUT2D eigenvalue weighted by atomic mass is 10.0. The Morgan fingerprint density at radius 2 is 2.29 bits per heavy atom. The van der Waals surface area contributed by atoms with Crippen molar-refractivity contribution in [3.8, 4) is 0 Å². The van der Waals surface area contributed by atoms with Crippen molar-refractivity contribution >= 4 is 0 Å². The zero-order valence-electron chi connectivity index (χ0n) is 9.04. The van der Waals surface area contributed by atoms with Gasteiger partial charge in [-0.3, -0.25) is 0 Å². The summed E-state index contributed by atoms with van der Waals surface area (Å²) in [4.78, 5) is 0. The first-order valence-corrected chi connectivity index (χ1v) is 4.75. The molecule has 3 heteroatoms. The van der Waals surface area contributed by atoms with Gasteiger partial charge in [0.05, 0.1) is 13.2 Å². The summed E-state index contributed by atoms with van der Waals surface area (Å²) in [6.45, 7) is 10.2. The summed E-state index contributed by atoms with van der Waals surface area (Å²) in [5.74, 6) is -0.521. The molecule has 80 valence electrons. The van der Waals surface area contributed by atoms with Gasteiger partial charge in [0.2, 0.25) is 0 Å².